The highest BCUT2D eigenvalue weighted by atomic mass is 16.5. The van der Waals surface area contributed by atoms with Crippen LogP contribution >= 0.6 is 0 Å². The van der Waals surface area contributed by atoms with Crippen LogP contribution in [-0.2, 0) is 6.54 Å². The molecule has 0 amide bonds. The van der Waals surface area contributed by atoms with Crippen LogP contribution < -0.4 is 24.8 Å². The summed E-state index contributed by atoms with van der Waals surface area (Å²) < 4.78 is 16.1. The van der Waals surface area contributed by atoms with Crippen LogP contribution in [0.25, 0.3) is 0 Å². The standard InChI is InChI=1S/C20H27N3O3/c1-5-21-20(22-14-15-7-10-17(24-3)11-8-15)23-16-9-12-18(26-6-2)19(13-16)25-4/h7-13H,5-6,14H2,1-4H3,(H2,21,22,23). The molecule has 140 valence electrons. The molecule has 0 aliphatic heterocycles. The van der Waals surface area contributed by atoms with Gasteiger partial charge in [0.1, 0.15) is 5.75 Å². The van der Waals surface area contributed by atoms with Crippen molar-refractivity contribution in [2.45, 2.75) is 20.4 Å². The number of nitrogens with one attached hydrogen (secondary N) is 2. The molecule has 0 saturated heterocycles. The van der Waals surface area contributed by atoms with Crippen molar-refractivity contribution in [2.75, 3.05) is 32.7 Å². The first-order valence-electron chi connectivity index (χ1n) is 8.69. The van der Waals surface area contributed by atoms with Crippen LogP contribution in [0.5, 0.6) is 17.2 Å². The van der Waals surface area contributed by atoms with Gasteiger partial charge in [-0.2, -0.15) is 0 Å². The molecule has 0 heterocycles. The number of hydrogen-bond acceptors (Lipinski definition) is 4. The minimum atomic E-state index is 0.563. The third-order valence-electron chi connectivity index (χ3n) is 3.65. The molecular formula is C20H27N3O3. The fourth-order valence-corrected chi connectivity index (χ4v) is 2.37. The van der Waals surface area contributed by atoms with E-state index in [9.17, 15) is 0 Å². The van der Waals surface area contributed by atoms with E-state index in [0.29, 0.717) is 24.9 Å². The number of guanidine groups is 1. The van der Waals surface area contributed by atoms with Gasteiger partial charge in [-0.3, -0.25) is 0 Å². The first kappa shape index (κ1) is 19.4. The molecule has 26 heavy (non-hydrogen) atoms. The van der Waals surface area contributed by atoms with Crippen molar-refractivity contribution in [1.29, 1.82) is 0 Å². The average Bonchev–Trinajstić information content (AvgIpc) is 2.68. The van der Waals surface area contributed by atoms with E-state index in [2.05, 4.69) is 15.6 Å². The van der Waals surface area contributed by atoms with Crippen molar-refractivity contribution in [1.82, 2.24) is 5.32 Å². The fraction of sp³-hybridized carbons (Fsp3) is 0.350. The van der Waals surface area contributed by atoms with E-state index in [1.54, 1.807) is 14.2 Å². The predicted molar refractivity (Wildman–Crippen MR) is 106 cm³/mol. The summed E-state index contributed by atoms with van der Waals surface area (Å²) >= 11 is 0. The lowest BCUT2D eigenvalue weighted by Gasteiger charge is -2.14. The van der Waals surface area contributed by atoms with Crippen LogP contribution in [0.3, 0.4) is 0 Å². The smallest absolute Gasteiger partial charge is 0.196 e. The summed E-state index contributed by atoms with van der Waals surface area (Å²) in [5.74, 6) is 2.95. The first-order chi connectivity index (χ1) is 12.7. The zero-order valence-corrected chi connectivity index (χ0v) is 15.8. The van der Waals surface area contributed by atoms with Crippen molar-refractivity contribution in [3.8, 4) is 17.2 Å². The van der Waals surface area contributed by atoms with Crippen LogP contribution in [0.4, 0.5) is 5.69 Å². The Balaban J connectivity index is 2.10. The highest BCUT2D eigenvalue weighted by Crippen LogP contribution is 2.30. The summed E-state index contributed by atoms with van der Waals surface area (Å²) in [6.07, 6.45) is 0. The zero-order chi connectivity index (χ0) is 18.8. The predicted octanol–water partition coefficient (Wildman–Crippen LogP) is 3.68. The zero-order valence-electron chi connectivity index (χ0n) is 15.8. The van der Waals surface area contributed by atoms with Gasteiger partial charge in [-0.25, -0.2) is 4.99 Å². The number of rotatable bonds is 8. The highest BCUT2D eigenvalue weighted by Gasteiger charge is 2.07. The van der Waals surface area contributed by atoms with E-state index < -0.39 is 0 Å². The molecule has 0 aromatic heterocycles. The molecule has 2 aromatic rings. The van der Waals surface area contributed by atoms with Gasteiger partial charge in [-0.1, -0.05) is 12.1 Å². The monoisotopic (exact) mass is 357 g/mol. The van der Waals surface area contributed by atoms with Gasteiger partial charge in [0.05, 0.1) is 27.4 Å². The number of hydrogen-bond donors (Lipinski definition) is 2. The maximum Gasteiger partial charge on any atom is 0.196 e. The van der Waals surface area contributed by atoms with E-state index in [1.165, 1.54) is 0 Å². The molecule has 6 nitrogen and oxygen atoms in total. The summed E-state index contributed by atoms with van der Waals surface area (Å²) in [5, 5.41) is 6.54. The Morgan fingerprint density at radius 1 is 0.962 bits per heavy atom. The molecule has 0 bridgehead atoms. The van der Waals surface area contributed by atoms with Gasteiger partial charge < -0.3 is 24.8 Å². The second-order valence-corrected chi connectivity index (χ2v) is 5.47. The lowest BCUT2D eigenvalue weighted by atomic mass is 10.2. The molecule has 0 unspecified atom stereocenters. The van der Waals surface area contributed by atoms with Crippen molar-refractivity contribution >= 4 is 11.6 Å². The topological polar surface area (TPSA) is 64.1 Å². The van der Waals surface area contributed by atoms with Gasteiger partial charge in [0.15, 0.2) is 17.5 Å². The van der Waals surface area contributed by atoms with Crippen molar-refractivity contribution in [3.63, 3.8) is 0 Å². The summed E-state index contributed by atoms with van der Waals surface area (Å²) in [4.78, 5) is 4.63. The maximum atomic E-state index is 5.55. The van der Waals surface area contributed by atoms with Crippen LogP contribution in [0.15, 0.2) is 47.5 Å². The van der Waals surface area contributed by atoms with Crippen molar-refractivity contribution < 1.29 is 14.2 Å². The number of methoxy groups -OCH3 is 2. The number of nitrogens with zero attached hydrogens (tertiary/aromatic N) is 1. The summed E-state index contributed by atoms with van der Waals surface area (Å²) in [6.45, 7) is 5.90. The SMILES string of the molecule is CCNC(=NCc1ccc(OC)cc1)Nc1ccc(OCC)c(OC)c1. The lowest BCUT2D eigenvalue weighted by molar-refractivity contribution is 0.311. The van der Waals surface area contributed by atoms with Crippen molar-refractivity contribution in [3.05, 3.63) is 48.0 Å². The van der Waals surface area contributed by atoms with Gasteiger partial charge >= 0.3 is 0 Å². The molecule has 2 N–H and O–H groups in total. The van der Waals surface area contributed by atoms with Crippen LogP contribution in [0.2, 0.25) is 0 Å². The third-order valence-corrected chi connectivity index (χ3v) is 3.65. The summed E-state index contributed by atoms with van der Waals surface area (Å²) in [5.41, 5.74) is 1.98. The number of ether oxygens (including phenoxy) is 3. The maximum absolute atomic E-state index is 5.55. The second-order valence-electron chi connectivity index (χ2n) is 5.47. The van der Waals surface area contributed by atoms with Crippen molar-refractivity contribution in [2.24, 2.45) is 4.99 Å². The average molecular weight is 357 g/mol. The van der Waals surface area contributed by atoms with E-state index in [4.69, 9.17) is 14.2 Å². The quantitative estimate of drug-likeness (QED) is 0.557. The Morgan fingerprint density at radius 3 is 2.35 bits per heavy atom. The highest BCUT2D eigenvalue weighted by molar-refractivity contribution is 5.93. The Labute approximate surface area is 155 Å². The van der Waals surface area contributed by atoms with Crippen LogP contribution in [0, 0.1) is 0 Å². The van der Waals surface area contributed by atoms with Gasteiger partial charge in [-0.05, 0) is 43.7 Å². The normalized spacial score (nSPS) is 11.0. The summed E-state index contributed by atoms with van der Waals surface area (Å²) in [6, 6.07) is 13.6. The Kier molecular flexibility index (Phi) is 7.61. The molecule has 0 atom stereocenters. The summed E-state index contributed by atoms with van der Waals surface area (Å²) in [7, 11) is 3.29. The Hall–Kier alpha value is -2.89. The van der Waals surface area contributed by atoms with E-state index in [1.807, 2.05) is 56.3 Å². The van der Waals surface area contributed by atoms with E-state index >= 15 is 0 Å². The minimum absolute atomic E-state index is 0.563. The van der Waals surface area contributed by atoms with Gasteiger partial charge in [0.25, 0.3) is 0 Å². The molecule has 6 heteroatoms. The molecule has 2 rings (SSSR count). The van der Waals surface area contributed by atoms with E-state index in [0.717, 1.165) is 29.3 Å². The van der Waals surface area contributed by atoms with Gasteiger partial charge in [0.2, 0.25) is 0 Å². The molecule has 0 saturated carbocycles. The van der Waals surface area contributed by atoms with Crippen LogP contribution in [-0.4, -0.2) is 33.3 Å². The molecule has 0 radical (unpaired) electrons. The molecule has 0 aliphatic rings. The first-order valence-corrected chi connectivity index (χ1v) is 8.69. The number of aliphatic imine (C=N–C) groups is 1. The Morgan fingerprint density at radius 2 is 1.73 bits per heavy atom. The Bertz CT molecular complexity index is 715. The van der Waals surface area contributed by atoms with Crippen LogP contribution in [0.1, 0.15) is 19.4 Å². The molecule has 0 aliphatic carbocycles. The lowest BCUT2D eigenvalue weighted by Crippen LogP contribution is -2.30. The molecule has 0 fully saturated rings. The molecule has 2 aromatic carbocycles. The number of benzene rings is 2. The van der Waals surface area contributed by atoms with E-state index in [-0.39, 0.29) is 0 Å². The van der Waals surface area contributed by atoms with Gasteiger partial charge in [-0.15, -0.1) is 0 Å². The molecule has 0 spiro atoms. The second kappa shape index (κ2) is 10.2. The largest absolute Gasteiger partial charge is 0.497 e. The minimum Gasteiger partial charge on any atom is -0.497 e. The number of anilines is 1. The van der Waals surface area contributed by atoms with Gasteiger partial charge in [0, 0.05) is 18.3 Å². The fourth-order valence-electron chi connectivity index (χ4n) is 2.37. The molecular weight excluding hydrogens is 330 g/mol. The third kappa shape index (κ3) is 5.58.